The lowest BCUT2D eigenvalue weighted by Crippen LogP contribution is -2.49. The van der Waals surface area contributed by atoms with Crippen LogP contribution in [0, 0.1) is 6.92 Å². The molecule has 132 valence electrons. The third-order valence-electron chi connectivity index (χ3n) is 4.64. The Bertz CT molecular complexity index is 755. The Morgan fingerprint density at radius 1 is 1.04 bits per heavy atom. The second-order valence-electron chi connectivity index (χ2n) is 6.49. The van der Waals surface area contributed by atoms with Crippen molar-refractivity contribution in [2.45, 2.75) is 13.3 Å². The zero-order valence-corrected chi connectivity index (χ0v) is 15.9. The highest BCUT2D eigenvalue weighted by atomic mass is 35.5. The van der Waals surface area contributed by atoms with Gasteiger partial charge in [0.25, 0.3) is 5.91 Å². The first-order valence-corrected chi connectivity index (χ1v) is 9.31. The first kappa shape index (κ1) is 18.2. The molecule has 0 saturated carbocycles. The highest BCUT2D eigenvalue weighted by Crippen LogP contribution is 2.21. The van der Waals surface area contributed by atoms with Crippen LogP contribution in [0.15, 0.2) is 42.5 Å². The van der Waals surface area contributed by atoms with Crippen molar-refractivity contribution in [2.75, 3.05) is 32.7 Å². The van der Waals surface area contributed by atoms with Gasteiger partial charge in [-0.1, -0.05) is 47.0 Å². The number of carbonyl (C=O) groups is 1. The second kappa shape index (κ2) is 8.22. The second-order valence-corrected chi connectivity index (χ2v) is 7.33. The number of aryl methyl sites for hydroxylation is 1. The molecule has 1 heterocycles. The summed E-state index contributed by atoms with van der Waals surface area (Å²) in [5.74, 6) is 0.129. The van der Waals surface area contributed by atoms with Crippen molar-refractivity contribution in [1.29, 1.82) is 0 Å². The number of rotatable bonds is 4. The van der Waals surface area contributed by atoms with Crippen molar-refractivity contribution in [3.8, 4) is 0 Å². The molecule has 3 nitrogen and oxygen atoms in total. The number of carbonyl (C=O) groups excluding carboxylic acids is 1. The molecule has 2 aromatic rings. The molecule has 0 aromatic heterocycles. The Morgan fingerprint density at radius 2 is 1.80 bits per heavy atom. The highest BCUT2D eigenvalue weighted by Gasteiger charge is 2.22. The zero-order valence-electron chi connectivity index (χ0n) is 14.3. The van der Waals surface area contributed by atoms with E-state index < -0.39 is 0 Å². The number of hydrogen-bond donors (Lipinski definition) is 0. The maximum atomic E-state index is 12.6. The molecule has 1 aliphatic heterocycles. The van der Waals surface area contributed by atoms with Crippen molar-refractivity contribution in [3.63, 3.8) is 0 Å². The molecule has 0 radical (unpaired) electrons. The summed E-state index contributed by atoms with van der Waals surface area (Å²) in [4.78, 5) is 16.9. The van der Waals surface area contributed by atoms with Gasteiger partial charge in [-0.15, -0.1) is 0 Å². The van der Waals surface area contributed by atoms with E-state index in [1.165, 1.54) is 0 Å². The maximum absolute atomic E-state index is 12.6. The van der Waals surface area contributed by atoms with Crippen LogP contribution in [-0.2, 0) is 6.42 Å². The number of nitrogens with zero attached hydrogens (tertiary/aromatic N) is 2. The Balaban J connectivity index is 1.51. The Hall–Kier alpha value is -1.55. The molecule has 0 N–H and O–H groups in total. The van der Waals surface area contributed by atoms with Crippen LogP contribution in [0.1, 0.15) is 21.5 Å². The van der Waals surface area contributed by atoms with Gasteiger partial charge >= 0.3 is 0 Å². The Morgan fingerprint density at radius 3 is 2.48 bits per heavy atom. The first-order chi connectivity index (χ1) is 12.0. The number of benzene rings is 2. The Kier molecular flexibility index (Phi) is 6.00. The van der Waals surface area contributed by atoms with Gasteiger partial charge in [0.05, 0.1) is 0 Å². The van der Waals surface area contributed by atoms with Crippen LogP contribution in [0.4, 0.5) is 0 Å². The average molecular weight is 377 g/mol. The summed E-state index contributed by atoms with van der Waals surface area (Å²) < 4.78 is 0. The van der Waals surface area contributed by atoms with Gasteiger partial charge in [-0.3, -0.25) is 9.69 Å². The molecule has 0 bridgehead atoms. The minimum absolute atomic E-state index is 0.129. The number of piperazine rings is 1. The Labute approximate surface area is 159 Å². The van der Waals surface area contributed by atoms with Gasteiger partial charge in [0.15, 0.2) is 0 Å². The van der Waals surface area contributed by atoms with Crippen molar-refractivity contribution in [3.05, 3.63) is 69.2 Å². The highest BCUT2D eigenvalue weighted by molar-refractivity contribution is 6.35. The summed E-state index contributed by atoms with van der Waals surface area (Å²) in [7, 11) is 0. The quantitative estimate of drug-likeness (QED) is 0.793. The maximum Gasteiger partial charge on any atom is 0.253 e. The predicted molar refractivity (Wildman–Crippen MR) is 104 cm³/mol. The molecule has 1 fully saturated rings. The molecule has 1 saturated heterocycles. The largest absolute Gasteiger partial charge is 0.336 e. The number of hydrogen-bond acceptors (Lipinski definition) is 2. The molecule has 25 heavy (non-hydrogen) atoms. The van der Waals surface area contributed by atoms with Gasteiger partial charge in [-0.2, -0.15) is 0 Å². The number of amides is 1. The average Bonchev–Trinajstić information content (AvgIpc) is 2.61. The normalized spacial score (nSPS) is 15.4. The zero-order chi connectivity index (χ0) is 17.8. The van der Waals surface area contributed by atoms with Crippen molar-refractivity contribution in [2.24, 2.45) is 0 Å². The van der Waals surface area contributed by atoms with E-state index in [0.29, 0.717) is 5.02 Å². The van der Waals surface area contributed by atoms with E-state index in [1.54, 1.807) is 6.07 Å². The topological polar surface area (TPSA) is 23.6 Å². The first-order valence-electron chi connectivity index (χ1n) is 8.55. The predicted octanol–water partition coefficient (Wildman–Crippen LogP) is 4.30. The summed E-state index contributed by atoms with van der Waals surface area (Å²) in [5.41, 5.74) is 3.01. The van der Waals surface area contributed by atoms with Crippen LogP contribution in [-0.4, -0.2) is 48.4 Å². The fraction of sp³-hybridized carbons (Fsp3) is 0.350. The molecule has 0 spiro atoms. The van der Waals surface area contributed by atoms with Gasteiger partial charge in [0.1, 0.15) is 0 Å². The lowest BCUT2D eigenvalue weighted by molar-refractivity contribution is 0.0638. The fourth-order valence-corrected chi connectivity index (χ4v) is 3.64. The standard InChI is InChI=1S/C20H22Cl2N2O/c1-15-3-2-4-17(13-15)20(25)24-11-9-23(10-12-24)8-7-16-5-6-18(21)14-19(16)22/h2-6,13-14H,7-12H2,1H3. The van der Waals surface area contributed by atoms with Crippen LogP contribution in [0.2, 0.25) is 10.0 Å². The van der Waals surface area contributed by atoms with Crippen molar-refractivity contribution < 1.29 is 4.79 Å². The molecule has 1 aliphatic rings. The van der Waals surface area contributed by atoms with Crippen molar-refractivity contribution >= 4 is 29.1 Å². The molecule has 5 heteroatoms. The molecule has 0 aliphatic carbocycles. The van der Waals surface area contributed by atoms with E-state index in [2.05, 4.69) is 4.90 Å². The molecular formula is C20H22Cl2N2O. The molecule has 0 unspecified atom stereocenters. The minimum atomic E-state index is 0.129. The molecule has 2 aromatic carbocycles. The van der Waals surface area contributed by atoms with E-state index in [0.717, 1.165) is 60.9 Å². The van der Waals surface area contributed by atoms with Gasteiger partial charge in [0, 0.05) is 48.3 Å². The van der Waals surface area contributed by atoms with Gasteiger partial charge in [-0.05, 0) is 43.2 Å². The lowest BCUT2D eigenvalue weighted by atomic mass is 10.1. The van der Waals surface area contributed by atoms with Gasteiger partial charge in [-0.25, -0.2) is 0 Å². The molecular weight excluding hydrogens is 355 g/mol. The number of halogens is 2. The fourth-order valence-electron chi connectivity index (χ4n) is 3.14. The summed E-state index contributed by atoms with van der Waals surface area (Å²) >= 11 is 12.2. The summed E-state index contributed by atoms with van der Waals surface area (Å²) in [5, 5.41) is 1.39. The van der Waals surface area contributed by atoms with Crippen LogP contribution >= 0.6 is 23.2 Å². The lowest BCUT2D eigenvalue weighted by Gasteiger charge is -2.35. The van der Waals surface area contributed by atoms with Gasteiger partial charge < -0.3 is 4.90 Å². The van der Waals surface area contributed by atoms with Gasteiger partial charge in [0.2, 0.25) is 0 Å². The van der Waals surface area contributed by atoms with E-state index in [9.17, 15) is 4.79 Å². The summed E-state index contributed by atoms with van der Waals surface area (Å²) in [6.07, 6.45) is 0.891. The SMILES string of the molecule is Cc1cccc(C(=O)N2CCN(CCc3ccc(Cl)cc3Cl)CC2)c1. The molecule has 1 amide bonds. The van der Waals surface area contributed by atoms with E-state index in [-0.39, 0.29) is 5.91 Å². The van der Waals surface area contributed by atoms with Crippen LogP contribution in [0.5, 0.6) is 0 Å². The van der Waals surface area contributed by atoms with E-state index in [1.807, 2.05) is 48.2 Å². The molecule has 0 atom stereocenters. The van der Waals surface area contributed by atoms with Crippen molar-refractivity contribution in [1.82, 2.24) is 9.80 Å². The summed E-state index contributed by atoms with van der Waals surface area (Å²) in [6, 6.07) is 13.5. The van der Waals surface area contributed by atoms with Crippen LogP contribution in [0.3, 0.4) is 0 Å². The van der Waals surface area contributed by atoms with E-state index in [4.69, 9.17) is 23.2 Å². The summed E-state index contributed by atoms with van der Waals surface area (Å²) in [6.45, 7) is 6.26. The van der Waals surface area contributed by atoms with Crippen LogP contribution in [0.25, 0.3) is 0 Å². The third kappa shape index (κ3) is 4.75. The monoisotopic (exact) mass is 376 g/mol. The smallest absolute Gasteiger partial charge is 0.253 e. The van der Waals surface area contributed by atoms with E-state index >= 15 is 0 Å². The van der Waals surface area contributed by atoms with Crippen LogP contribution < -0.4 is 0 Å². The minimum Gasteiger partial charge on any atom is -0.336 e. The third-order valence-corrected chi connectivity index (χ3v) is 5.22. The molecule has 3 rings (SSSR count).